The summed E-state index contributed by atoms with van der Waals surface area (Å²) >= 11 is 0. The van der Waals surface area contributed by atoms with Crippen molar-refractivity contribution in [2.45, 2.75) is 112 Å². The predicted octanol–water partition coefficient (Wildman–Crippen LogP) is -3.23. The lowest BCUT2D eigenvalue weighted by Crippen LogP contribution is -2.63. The highest BCUT2D eigenvalue weighted by molar-refractivity contribution is 5.00. The van der Waals surface area contributed by atoms with E-state index in [1.807, 2.05) is 0 Å². The van der Waals surface area contributed by atoms with Gasteiger partial charge >= 0.3 is 0 Å². The fourth-order valence-corrected chi connectivity index (χ4v) is 6.34. The van der Waals surface area contributed by atoms with Crippen molar-refractivity contribution in [3.63, 3.8) is 0 Å². The molecule has 4 rings (SSSR count). The molecule has 0 spiro atoms. The van der Waals surface area contributed by atoms with E-state index in [-0.39, 0.29) is 24.4 Å². The zero-order chi connectivity index (χ0) is 25.4. The molecule has 8 N–H and O–H groups in total. The van der Waals surface area contributed by atoms with Gasteiger partial charge in [0.25, 0.3) is 0 Å². The first-order valence-electron chi connectivity index (χ1n) is 12.4. The van der Waals surface area contributed by atoms with Gasteiger partial charge in [-0.2, -0.15) is 0 Å². The molecule has 12 heteroatoms. The maximum Gasteiger partial charge on any atom is 0.187 e. The monoisotopic (exact) mass is 509 g/mol. The molecule has 4 aliphatic rings. The number of ether oxygens (including phenoxy) is 5. The molecule has 0 radical (unpaired) electrons. The van der Waals surface area contributed by atoms with Crippen LogP contribution in [0.4, 0.5) is 0 Å². The molecule has 0 bridgehead atoms. The fourth-order valence-electron chi connectivity index (χ4n) is 6.34. The first kappa shape index (κ1) is 27.6. The molecule has 0 aromatic rings. The molecule has 13 atom stereocenters. The van der Waals surface area contributed by atoms with Gasteiger partial charge in [0.15, 0.2) is 18.5 Å². The Morgan fingerprint density at radius 3 is 2.03 bits per heavy atom. The number of rotatable bonds is 6. The van der Waals surface area contributed by atoms with Gasteiger partial charge in [-0.15, -0.1) is 0 Å². The quantitative estimate of drug-likeness (QED) is 0.178. The van der Waals surface area contributed by atoms with Crippen LogP contribution in [0.1, 0.15) is 32.1 Å². The summed E-state index contributed by atoms with van der Waals surface area (Å²) in [5, 5.41) is 71.9. The second-order valence-corrected chi connectivity index (χ2v) is 10.4. The molecule has 0 aromatic carbocycles. The lowest BCUT2D eigenvalue weighted by atomic mass is 9.72. The maximum absolute atomic E-state index is 10.7. The summed E-state index contributed by atoms with van der Waals surface area (Å²) in [4.78, 5) is 0. The Morgan fingerprint density at radius 2 is 1.43 bits per heavy atom. The molecule has 2 aliphatic carbocycles. The summed E-state index contributed by atoms with van der Waals surface area (Å²) in [6.07, 6.45) is -9.70. The third kappa shape index (κ3) is 5.54. The standard InChI is InChI=1S/C23H40O12/c1-31-14-3-9(4-15(32-2)18(14)27)22-16(7-11-12(26)5-10(25)6-13(11)33-22)34-23-21(30)20(29)19(28)17(8-24)35-23/h9-30H,3-8H2,1-2H3/p+1/t9?,10?,11?,12?,13?,14?,15?,16?,17-,18?,19+,20+,21-,22?,23+/m1/s1. The van der Waals surface area contributed by atoms with E-state index in [1.165, 1.54) is 14.2 Å². The minimum Gasteiger partial charge on any atom is -0.427 e. The largest absolute Gasteiger partial charge is 0.427 e. The molecule has 4 fully saturated rings. The highest BCUT2D eigenvalue weighted by Gasteiger charge is 2.55. The van der Waals surface area contributed by atoms with Crippen LogP contribution in [0.5, 0.6) is 0 Å². The molecule has 0 aromatic heterocycles. The fraction of sp³-hybridized carbons (Fsp3) is 1.00. The van der Waals surface area contributed by atoms with E-state index in [1.54, 1.807) is 0 Å². The maximum atomic E-state index is 10.7. The van der Waals surface area contributed by atoms with Gasteiger partial charge in [-0.3, -0.25) is 0 Å². The van der Waals surface area contributed by atoms with Gasteiger partial charge in [0.2, 0.25) is 0 Å². The van der Waals surface area contributed by atoms with Crippen molar-refractivity contribution < 1.29 is 59.4 Å². The van der Waals surface area contributed by atoms with Gasteiger partial charge in [-0.05, 0) is 19.3 Å². The molecule has 2 saturated carbocycles. The van der Waals surface area contributed by atoms with Crippen LogP contribution in [0.15, 0.2) is 0 Å². The summed E-state index contributed by atoms with van der Waals surface area (Å²) in [7, 11) is 3.04. The molecule has 35 heavy (non-hydrogen) atoms. The molecule has 0 amide bonds. The zero-order valence-corrected chi connectivity index (χ0v) is 20.1. The van der Waals surface area contributed by atoms with Gasteiger partial charge in [0.1, 0.15) is 36.6 Å². The molecule has 2 saturated heterocycles. The minimum absolute atomic E-state index is 0.139. The van der Waals surface area contributed by atoms with Crippen LogP contribution in [0.2, 0.25) is 0 Å². The van der Waals surface area contributed by atoms with E-state index >= 15 is 0 Å². The van der Waals surface area contributed by atoms with Gasteiger partial charge in [0, 0.05) is 33.0 Å². The number of fused-ring (bicyclic) bond motifs is 1. The number of methoxy groups -OCH3 is 2. The van der Waals surface area contributed by atoms with Crippen molar-refractivity contribution in [3.05, 3.63) is 0 Å². The van der Waals surface area contributed by atoms with Crippen LogP contribution >= 0.6 is 0 Å². The second-order valence-electron chi connectivity index (χ2n) is 10.4. The summed E-state index contributed by atoms with van der Waals surface area (Å²) in [5.41, 5.74) is 0. The van der Waals surface area contributed by atoms with E-state index in [4.69, 9.17) is 23.7 Å². The number of hydrogen-bond acceptors (Lipinski definition) is 11. The summed E-state index contributed by atoms with van der Waals surface area (Å²) in [5.74, 6) is -0.407. The topological polar surface area (TPSA) is 191 Å². The lowest BCUT2D eigenvalue weighted by molar-refractivity contribution is -0.357. The van der Waals surface area contributed by atoms with E-state index in [0.717, 1.165) is 0 Å². The SMILES string of the molecule is COC1CC(C2[OH+]C3CC(O)CC(O)C3CC2O[C@H]2O[C@H](CO)[C@H](O)[C@H](O)[C@H]2O)CC(OC)C1O. The van der Waals surface area contributed by atoms with Gasteiger partial charge in [-0.1, -0.05) is 0 Å². The third-order valence-electron chi connectivity index (χ3n) is 8.34. The summed E-state index contributed by atoms with van der Waals surface area (Å²) in [6.45, 7) is -0.573. The third-order valence-corrected chi connectivity index (χ3v) is 8.34. The van der Waals surface area contributed by atoms with Crippen molar-refractivity contribution in [1.82, 2.24) is 0 Å². The van der Waals surface area contributed by atoms with Crippen LogP contribution in [0.25, 0.3) is 0 Å². The molecule has 204 valence electrons. The smallest absolute Gasteiger partial charge is 0.187 e. The van der Waals surface area contributed by atoms with Crippen LogP contribution in [-0.2, 0) is 18.9 Å². The van der Waals surface area contributed by atoms with Crippen molar-refractivity contribution in [2.24, 2.45) is 11.8 Å². The Bertz CT molecular complexity index is 667. The molecule has 2 aliphatic heterocycles. The van der Waals surface area contributed by atoms with Gasteiger partial charge in [0.05, 0.1) is 36.9 Å². The van der Waals surface area contributed by atoms with Crippen LogP contribution < -0.4 is 0 Å². The Hall–Kier alpha value is -0.480. The van der Waals surface area contributed by atoms with E-state index in [0.29, 0.717) is 25.7 Å². The first-order chi connectivity index (χ1) is 16.7. The first-order valence-corrected chi connectivity index (χ1v) is 12.4. The van der Waals surface area contributed by atoms with Gasteiger partial charge in [-0.25, -0.2) is 0 Å². The Kier molecular flexibility index (Phi) is 9.05. The Balaban J connectivity index is 1.58. The normalized spacial score (nSPS) is 53.2. The van der Waals surface area contributed by atoms with Crippen molar-refractivity contribution >= 4 is 0 Å². The van der Waals surface area contributed by atoms with Crippen molar-refractivity contribution in [2.75, 3.05) is 20.8 Å². The van der Waals surface area contributed by atoms with Crippen molar-refractivity contribution in [3.8, 4) is 0 Å². The number of aliphatic hydroxyl groups is 9. The van der Waals surface area contributed by atoms with E-state index in [9.17, 15) is 35.7 Å². The van der Waals surface area contributed by atoms with Crippen LogP contribution in [-0.4, -0.2) is 141 Å². The van der Waals surface area contributed by atoms with Crippen molar-refractivity contribution in [1.29, 1.82) is 0 Å². The summed E-state index contributed by atoms with van der Waals surface area (Å²) in [6, 6.07) is 0. The summed E-state index contributed by atoms with van der Waals surface area (Å²) < 4.78 is 27.8. The van der Waals surface area contributed by atoms with Gasteiger partial charge < -0.3 is 59.4 Å². The number of aliphatic hydroxyl groups excluding tert-OH is 7. The second kappa shape index (κ2) is 11.5. The predicted molar refractivity (Wildman–Crippen MR) is 118 cm³/mol. The molecule has 2 heterocycles. The van der Waals surface area contributed by atoms with Crippen LogP contribution in [0.3, 0.4) is 0 Å². The molecular weight excluding hydrogens is 468 g/mol. The number of hydrogen-bond donors (Lipinski definition) is 7. The minimum atomic E-state index is -1.58. The Morgan fingerprint density at radius 1 is 0.771 bits per heavy atom. The Labute approximate surface area is 204 Å². The average molecular weight is 510 g/mol. The molecular formula is C23H41O12+. The van der Waals surface area contributed by atoms with Crippen LogP contribution in [0, 0.1) is 11.8 Å². The van der Waals surface area contributed by atoms with E-state index < -0.39 is 80.0 Å². The lowest BCUT2D eigenvalue weighted by Gasteiger charge is -2.49. The highest BCUT2D eigenvalue weighted by Crippen LogP contribution is 2.42. The zero-order valence-electron chi connectivity index (χ0n) is 20.1. The molecule has 12 nitrogen and oxygen atoms in total. The van der Waals surface area contributed by atoms with E-state index in [2.05, 4.69) is 0 Å². The average Bonchev–Trinajstić information content (AvgIpc) is 2.84. The molecule has 8 unspecified atom stereocenters. The highest BCUT2D eigenvalue weighted by atomic mass is 16.7.